The molecular formula is C23H32Cl2N4O2. The van der Waals surface area contributed by atoms with E-state index in [1.165, 1.54) is 18.9 Å². The molecule has 0 aliphatic carbocycles. The van der Waals surface area contributed by atoms with Gasteiger partial charge in [-0.25, -0.2) is 0 Å². The standard InChI is InChI=1S/C23H32Cl2N4O2/c1-26(2)19-4-3-10-27(17-19)12-13-29-15-14-28(11-9-23(29)31)22(30)8-6-18-5-7-20(24)21(25)16-18/h5-8,16,19H,3-4,9-15,17H2,1-2H3. The second kappa shape index (κ2) is 11.3. The maximum absolute atomic E-state index is 12.6. The minimum absolute atomic E-state index is 0.0921. The number of halogens is 2. The largest absolute Gasteiger partial charge is 0.340 e. The number of nitrogens with zero attached hydrogens (tertiary/aromatic N) is 4. The van der Waals surface area contributed by atoms with Crippen molar-refractivity contribution in [2.75, 3.05) is 59.9 Å². The summed E-state index contributed by atoms with van der Waals surface area (Å²) in [5.41, 5.74) is 0.813. The number of rotatable bonds is 6. The molecule has 2 amide bonds. The van der Waals surface area contributed by atoms with Crippen molar-refractivity contribution >= 4 is 41.1 Å². The van der Waals surface area contributed by atoms with Crippen LogP contribution in [0, 0.1) is 0 Å². The molecule has 1 atom stereocenters. The van der Waals surface area contributed by atoms with Gasteiger partial charge in [-0.1, -0.05) is 29.3 Å². The van der Waals surface area contributed by atoms with Crippen molar-refractivity contribution < 1.29 is 9.59 Å². The van der Waals surface area contributed by atoms with Gasteiger partial charge >= 0.3 is 0 Å². The fourth-order valence-electron chi connectivity index (χ4n) is 4.13. The zero-order valence-corrected chi connectivity index (χ0v) is 19.9. The Labute approximate surface area is 195 Å². The molecule has 0 radical (unpaired) electrons. The van der Waals surface area contributed by atoms with Crippen LogP contribution in [0.5, 0.6) is 0 Å². The molecule has 0 saturated carbocycles. The quantitative estimate of drug-likeness (QED) is 0.604. The molecule has 1 aromatic carbocycles. The van der Waals surface area contributed by atoms with Crippen molar-refractivity contribution in [2.24, 2.45) is 0 Å². The first-order valence-electron chi connectivity index (χ1n) is 10.9. The van der Waals surface area contributed by atoms with Crippen LogP contribution in [0.2, 0.25) is 10.0 Å². The smallest absolute Gasteiger partial charge is 0.246 e. The summed E-state index contributed by atoms with van der Waals surface area (Å²) >= 11 is 12.0. The number of hydrogen-bond acceptors (Lipinski definition) is 4. The normalized spacial score (nSPS) is 21.2. The van der Waals surface area contributed by atoms with Crippen molar-refractivity contribution in [3.8, 4) is 0 Å². The third-order valence-electron chi connectivity index (χ3n) is 6.16. The van der Waals surface area contributed by atoms with Gasteiger partial charge in [-0.2, -0.15) is 0 Å². The van der Waals surface area contributed by atoms with Gasteiger partial charge in [0.2, 0.25) is 11.8 Å². The van der Waals surface area contributed by atoms with Crippen molar-refractivity contribution in [1.82, 2.24) is 19.6 Å². The van der Waals surface area contributed by atoms with Crippen LogP contribution in [0.15, 0.2) is 24.3 Å². The zero-order valence-electron chi connectivity index (χ0n) is 18.4. The lowest BCUT2D eigenvalue weighted by atomic mass is 10.1. The van der Waals surface area contributed by atoms with Crippen LogP contribution in [0.1, 0.15) is 24.8 Å². The third kappa shape index (κ3) is 6.94. The summed E-state index contributed by atoms with van der Waals surface area (Å²) in [5.74, 6) is 0.0375. The van der Waals surface area contributed by atoms with E-state index in [-0.39, 0.29) is 11.8 Å². The third-order valence-corrected chi connectivity index (χ3v) is 6.90. The second-order valence-corrected chi connectivity index (χ2v) is 9.34. The lowest BCUT2D eigenvalue weighted by Crippen LogP contribution is -2.48. The first-order chi connectivity index (χ1) is 14.8. The molecule has 0 spiro atoms. The molecule has 31 heavy (non-hydrogen) atoms. The van der Waals surface area contributed by atoms with E-state index >= 15 is 0 Å². The van der Waals surface area contributed by atoms with E-state index in [0.29, 0.717) is 42.1 Å². The Balaban J connectivity index is 1.50. The Morgan fingerprint density at radius 1 is 1.13 bits per heavy atom. The molecule has 2 aliphatic heterocycles. The monoisotopic (exact) mass is 466 g/mol. The summed E-state index contributed by atoms with van der Waals surface area (Å²) in [4.78, 5) is 33.6. The van der Waals surface area contributed by atoms with Gasteiger partial charge in [-0.15, -0.1) is 0 Å². The van der Waals surface area contributed by atoms with E-state index in [1.54, 1.807) is 23.1 Å². The van der Waals surface area contributed by atoms with Gasteiger partial charge in [-0.3, -0.25) is 9.59 Å². The summed E-state index contributed by atoms with van der Waals surface area (Å²) in [6, 6.07) is 5.83. The van der Waals surface area contributed by atoms with Crippen LogP contribution in [-0.2, 0) is 9.59 Å². The van der Waals surface area contributed by atoms with E-state index in [1.807, 2.05) is 11.0 Å². The molecule has 1 unspecified atom stereocenters. The lowest BCUT2D eigenvalue weighted by Gasteiger charge is -2.37. The van der Waals surface area contributed by atoms with Crippen LogP contribution in [-0.4, -0.2) is 97.4 Å². The lowest BCUT2D eigenvalue weighted by molar-refractivity contribution is -0.130. The average Bonchev–Trinajstić information content (AvgIpc) is 2.94. The number of hydrogen-bond donors (Lipinski definition) is 0. The number of likely N-dealkylation sites (tertiary alicyclic amines) is 1. The molecule has 1 aromatic rings. The van der Waals surface area contributed by atoms with Gasteiger partial charge in [0.15, 0.2) is 0 Å². The molecular weight excluding hydrogens is 435 g/mol. The predicted octanol–water partition coefficient (Wildman–Crippen LogP) is 3.09. The highest BCUT2D eigenvalue weighted by Gasteiger charge is 2.25. The predicted molar refractivity (Wildman–Crippen MR) is 126 cm³/mol. The van der Waals surface area contributed by atoms with Crippen molar-refractivity contribution in [3.63, 3.8) is 0 Å². The maximum atomic E-state index is 12.6. The van der Waals surface area contributed by atoms with Gasteiger partial charge in [-0.05, 0) is 57.3 Å². The first kappa shape index (κ1) is 24.1. The summed E-state index contributed by atoms with van der Waals surface area (Å²) in [6.45, 7) is 5.34. The number of benzene rings is 1. The van der Waals surface area contributed by atoms with Crippen LogP contribution < -0.4 is 0 Å². The molecule has 0 aromatic heterocycles. The minimum Gasteiger partial charge on any atom is -0.340 e. The highest BCUT2D eigenvalue weighted by molar-refractivity contribution is 6.42. The van der Waals surface area contributed by atoms with Gasteiger partial charge < -0.3 is 19.6 Å². The van der Waals surface area contributed by atoms with E-state index < -0.39 is 0 Å². The Morgan fingerprint density at radius 2 is 1.94 bits per heavy atom. The fraction of sp³-hybridized carbons (Fsp3) is 0.565. The molecule has 3 rings (SSSR count). The number of carbonyl (C=O) groups is 2. The summed E-state index contributed by atoms with van der Waals surface area (Å²) < 4.78 is 0. The molecule has 2 saturated heterocycles. The number of carbonyl (C=O) groups excluding carboxylic acids is 2. The van der Waals surface area contributed by atoms with Crippen LogP contribution in [0.4, 0.5) is 0 Å². The van der Waals surface area contributed by atoms with E-state index in [0.717, 1.165) is 31.7 Å². The maximum Gasteiger partial charge on any atom is 0.246 e. The Hall–Kier alpha value is -1.60. The fourth-order valence-corrected chi connectivity index (χ4v) is 4.44. The van der Waals surface area contributed by atoms with E-state index in [9.17, 15) is 9.59 Å². The van der Waals surface area contributed by atoms with Crippen molar-refractivity contribution in [2.45, 2.75) is 25.3 Å². The highest BCUT2D eigenvalue weighted by Crippen LogP contribution is 2.23. The van der Waals surface area contributed by atoms with Gasteiger partial charge in [0.1, 0.15) is 0 Å². The molecule has 2 aliphatic rings. The second-order valence-electron chi connectivity index (χ2n) is 8.52. The van der Waals surface area contributed by atoms with E-state index in [2.05, 4.69) is 23.9 Å². The molecule has 6 nitrogen and oxygen atoms in total. The number of likely N-dealkylation sites (N-methyl/N-ethyl adjacent to an activating group) is 1. The van der Waals surface area contributed by atoms with E-state index in [4.69, 9.17) is 23.2 Å². The SMILES string of the molecule is CN(C)C1CCCN(CCN2CCN(C(=O)C=Cc3ccc(Cl)c(Cl)c3)CCC2=O)C1. The topological polar surface area (TPSA) is 47.1 Å². The van der Waals surface area contributed by atoms with Crippen LogP contribution in [0.25, 0.3) is 6.08 Å². The van der Waals surface area contributed by atoms with Crippen LogP contribution >= 0.6 is 23.2 Å². The Kier molecular flexibility index (Phi) is 8.78. The average molecular weight is 467 g/mol. The van der Waals surface area contributed by atoms with Gasteiger partial charge in [0.25, 0.3) is 0 Å². The molecule has 2 heterocycles. The summed E-state index contributed by atoms with van der Waals surface area (Å²) in [5, 5.41) is 0.941. The van der Waals surface area contributed by atoms with Gasteiger partial charge in [0, 0.05) is 57.8 Å². The molecule has 0 bridgehead atoms. The Morgan fingerprint density at radius 3 is 2.68 bits per heavy atom. The van der Waals surface area contributed by atoms with Gasteiger partial charge in [0.05, 0.1) is 10.0 Å². The number of amides is 2. The van der Waals surface area contributed by atoms with Crippen LogP contribution in [0.3, 0.4) is 0 Å². The number of piperidine rings is 1. The molecule has 0 N–H and O–H groups in total. The zero-order chi connectivity index (χ0) is 22.4. The highest BCUT2D eigenvalue weighted by atomic mass is 35.5. The van der Waals surface area contributed by atoms with Crippen molar-refractivity contribution in [1.29, 1.82) is 0 Å². The first-order valence-corrected chi connectivity index (χ1v) is 11.7. The molecule has 8 heteroatoms. The molecule has 170 valence electrons. The van der Waals surface area contributed by atoms with Crippen molar-refractivity contribution in [3.05, 3.63) is 39.9 Å². The molecule has 2 fully saturated rings. The summed E-state index contributed by atoms with van der Waals surface area (Å²) in [7, 11) is 4.27. The Bertz CT molecular complexity index is 815. The minimum atomic E-state index is -0.0921. The summed E-state index contributed by atoms with van der Waals surface area (Å²) in [6.07, 6.45) is 6.07.